The zero-order valence-corrected chi connectivity index (χ0v) is 13.8. The van der Waals surface area contributed by atoms with E-state index in [1.807, 2.05) is 6.92 Å². The van der Waals surface area contributed by atoms with E-state index < -0.39 is 0 Å². The van der Waals surface area contributed by atoms with Crippen molar-refractivity contribution in [3.8, 4) is 11.5 Å². The van der Waals surface area contributed by atoms with Gasteiger partial charge < -0.3 is 18.7 Å². The van der Waals surface area contributed by atoms with Gasteiger partial charge in [-0.25, -0.2) is 9.83 Å². The molecule has 0 fully saturated rings. The van der Waals surface area contributed by atoms with Crippen molar-refractivity contribution >= 4 is 22.7 Å². The number of carbonyl (C=O) groups is 1. The molecule has 0 aliphatic carbocycles. The fourth-order valence-corrected chi connectivity index (χ4v) is 2.78. The minimum atomic E-state index is -0.380. The Morgan fingerprint density at radius 1 is 1.52 bits per heavy atom. The van der Waals surface area contributed by atoms with Crippen LogP contribution >= 0.6 is 0 Å². The van der Waals surface area contributed by atoms with Gasteiger partial charge in [0.15, 0.2) is 0 Å². The molecule has 1 N–H and O–H groups in total. The van der Waals surface area contributed by atoms with Crippen LogP contribution in [0.5, 0.6) is 0 Å². The summed E-state index contributed by atoms with van der Waals surface area (Å²) in [4.78, 5) is 34.3. The second kappa shape index (κ2) is 6.65. The molecule has 8 nitrogen and oxygen atoms in total. The number of nitrogens with one attached hydrogen (secondary N) is 1. The first-order chi connectivity index (χ1) is 12.1. The Labute approximate surface area is 142 Å². The summed E-state index contributed by atoms with van der Waals surface area (Å²) in [5.41, 5.74) is 1.64. The van der Waals surface area contributed by atoms with E-state index in [0.29, 0.717) is 11.5 Å². The molecule has 0 atom stereocenters. The largest absolute Gasteiger partial charge is 0.466 e. The van der Waals surface area contributed by atoms with E-state index in [1.165, 1.54) is 12.6 Å². The van der Waals surface area contributed by atoms with Crippen molar-refractivity contribution in [1.29, 1.82) is 0 Å². The molecule has 3 aromatic heterocycles. The standard InChI is InChI=1S/C17H16N4O4/c1-4-24-11(22)5-7-21-14(16-10(2)6-8-25-16)12(18-3)13-15(21)17(23)20-9-19-13/h6,8-9H,4-5,7H2,1-2H3,(H,19,20,23). The Hall–Kier alpha value is -3.34. The van der Waals surface area contributed by atoms with Crippen LogP contribution in [0.25, 0.3) is 27.3 Å². The Balaban J connectivity index is 2.25. The molecule has 128 valence electrons. The van der Waals surface area contributed by atoms with Crippen molar-refractivity contribution < 1.29 is 13.9 Å². The molecule has 3 aromatic rings. The molecule has 0 aliphatic heterocycles. The second-order valence-electron chi connectivity index (χ2n) is 5.38. The van der Waals surface area contributed by atoms with Crippen LogP contribution in [0, 0.1) is 13.5 Å². The first-order valence-electron chi connectivity index (χ1n) is 7.75. The van der Waals surface area contributed by atoms with Gasteiger partial charge in [-0.15, -0.1) is 0 Å². The van der Waals surface area contributed by atoms with E-state index in [9.17, 15) is 9.59 Å². The van der Waals surface area contributed by atoms with Crippen molar-refractivity contribution in [3.63, 3.8) is 0 Å². The van der Waals surface area contributed by atoms with Crippen LogP contribution in [0.15, 0.2) is 27.9 Å². The molecule has 0 aromatic carbocycles. The van der Waals surface area contributed by atoms with Gasteiger partial charge in [-0.05, 0) is 25.5 Å². The van der Waals surface area contributed by atoms with Crippen LogP contribution in [-0.2, 0) is 16.1 Å². The highest BCUT2D eigenvalue weighted by atomic mass is 16.5. The highest BCUT2D eigenvalue weighted by Gasteiger charge is 2.25. The summed E-state index contributed by atoms with van der Waals surface area (Å²) in [5, 5.41) is 0. The molecule has 25 heavy (non-hydrogen) atoms. The van der Waals surface area contributed by atoms with Crippen molar-refractivity contribution in [1.82, 2.24) is 14.5 Å². The van der Waals surface area contributed by atoms with E-state index in [0.717, 1.165) is 5.56 Å². The lowest BCUT2D eigenvalue weighted by Gasteiger charge is -2.10. The first kappa shape index (κ1) is 16.5. The topological polar surface area (TPSA) is 94.5 Å². The summed E-state index contributed by atoms with van der Waals surface area (Å²) >= 11 is 0. The Bertz CT molecular complexity index is 1040. The predicted octanol–water partition coefficient (Wildman–Crippen LogP) is 2.80. The van der Waals surface area contributed by atoms with Gasteiger partial charge in [0, 0.05) is 6.54 Å². The molecular formula is C17H16N4O4. The predicted molar refractivity (Wildman–Crippen MR) is 90.3 cm³/mol. The Kier molecular flexibility index (Phi) is 4.39. The van der Waals surface area contributed by atoms with Gasteiger partial charge in [0.25, 0.3) is 5.56 Å². The van der Waals surface area contributed by atoms with E-state index >= 15 is 0 Å². The third-order valence-corrected chi connectivity index (χ3v) is 3.85. The quantitative estimate of drug-likeness (QED) is 0.569. The van der Waals surface area contributed by atoms with Gasteiger partial charge in [-0.1, -0.05) is 0 Å². The SMILES string of the molecule is [C-]#[N+]c1c(-c2occc2C)n(CCC(=O)OCC)c2c(=O)[nH]cnc12. The summed E-state index contributed by atoms with van der Waals surface area (Å²) < 4.78 is 12.1. The van der Waals surface area contributed by atoms with Gasteiger partial charge in [0.05, 0.1) is 37.9 Å². The maximum Gasteiger partial charge on any atom is 0.307 e. The lowest BCUT2D eigenvalue weighted by molar-refractivity contribution is -0.143. The van der Waals surface area contributed by atoms with Crippen molar-refractivity contribution in [3.05, 3.63) is 46.0 Å². The number of esters is 1. The number of ether oxygens (including phenoxy) is 1. The Morgan fingerprint density at radius 2 is 2.32 bits per heavy atom. The van der Waals surface area contributed by atoms with E-state index in [1.54, 1.807) is 17.6 Å². The summed E-state index contributed by atoms with van der Waals surface area (Å²) in [5.74, 6) is 0.100. The summed E-state index contributed by atoms with van der Waals surface area (Å²) in [6, 6.07) is 1.77. The zero-order chi connectivity index (χ0) is 18.0. The number of nitrogens with zero attached hydrogens (tertiary/aromatic N) is 3. The number of furan rings is 1. The monoisotopic (exact) mass is 340 g/mol. The molecule has 0 saturated heterocycles. The highest BCUT2D eigenvalue weighted by molar-refractivity contribution is 5.99. The smallest absolute Gasteiger partial charge is 0.307 e. The minimum Gasteiger partial charge on any atom is -0.466 e. The number of hydrogen-bond acceptors (Lipinski definition) is 5. The molecule has 0 unspecified atom stereocenters. The molecular weight excluding hydrogens is 324 g/mol. The number of H-pyrrole nitrogens is 1. The number of aromatic nitrogens is 3. The third kappa shape index (κ3) is 2.80. The van der Waals surface area contributed by atoms with Gasteiger partial charge >= 0.3 is 5.97 Å². The van der Waals surface area contributed by atoms with Crippen LogP contribution in [-0.4, -0.2) is 27.1 Å². The van der Waals surface area contributed by atoms with E-state index in [-0.39, 0.29) is 47.8 Å². The number of aryl methyl sites for hydroxylation is 2. The molecule has 0 saturated carbocycles. The average Bonchev–Trinajstić information content (AvgIpc) is 3.14. The molecule has 0 bridgehead atoms. The lowest BCUT2D eigenvalue weighted by atomic mass is 10.2. The second-order valence-corrected chi connectivity index (χ2v) is 5.38. The molecule has 3 rings (SSSR count). The van der Waals surface area contributed by atoms with Crippen LogP contribution < -0.4 is 5.56 Å². The summed E-state index contributed by atoms with van der Waals surface area (Å²) in [7, 11) is 0. The molecule has 0 spiro atoms. The fraction of sp³-hybridized carbons (Fsp3) is 0.294. The van der Waals surface area contributed by atoms with Crippen molar-refractivity contribution in [2.75, 3.05) is 6.61 Å². The van der Waals surface area contributed by atoms with Crippen molar-refractivity contribution in [2.24, 2.45) is 0 Å². The third-order valence-electron chi connectivity index (χ3n) is 3.85. The van der Waals surface area contributed by atoms with E-state index in [4.69, 9.17) is 15.7 Å². The van der Waals surface area contributed by atoms with Gasteiger partial charge in [0.1, 0.15) is 16.8 Å². The molecule has 0 radical (unpaired) electrons. The van der Waals surface area contributed by atoms with Crippen molar-refractivity contribution in [2.45, 2.75) is 26.8 Å². The zero-order valence-electron chi connectivity index (χ0n) is 13.8. The molecule has 0 amide bonds. The van der Waals surface area contributed by atoms with E-state index in [2.05, 4.69) is 14.8 Å². The lowest BCUT2D eigenvalue weighted by Crippen LogP contribution is -2.15. The van der Waals surface area contributed by atoms with Crippen LogP contribution in [0.4, 0.5) is 5.69 Å². The normalized spacial score (nSPS) is 10.8. The maximum absolute atomic E-state index is 12.3. The number of carbonyl (C=O) groups excluding carboxylic acids is 1. The fourth-order valence-electron chi connectivity index (χ4n) is 2.78. The minimum absolute atomic E-state index is 0.0656. The number of hydrogen-bond donors (Lipinski definition) is 1. The molecule has 0 aliphatic rings. The molecule has 8 heteroatoms. The molecule has 3 heterocycles. The van der Waals surface area contributed by atoms with Crippen LogP contribution in [0.2, 0.25) is 0 Å². The maximum atomic E-state index is 12.3. The first-order valence-corrected chi connectivity index (χ1v) is 7.75. The Morgan fingerprint density at radius 3 is 2.96 bits per heavy atom. The number of rotatable bonds is 5. The number of aromatic amines is 1. The number of fused-ring (bicyclic) bond motifs is 1. The van der Waals surface area contributed by atoms with Crippen LogP contribution in [0.3, 0.4) is 0 Å². The van der Waals surface area contributed by atoms with Gasteiger partial charge in [-0.3, -0.25) is 9.59 Å². The average molecular weight is 340 g/mol. The van der Waals surface area contributed by atoms with Crippen LogP contribution in [0.1, 0.15) is 18.9 Å². The summed E-state index contributed by atoms with van der Waals surface area (Å²) in [6.07, 6.45) is 2.84. The highest BCUT2D eigenvalue weighted by Crippen LogP contribution is 2.39. The summed E-state index contributed by atoms with van der Waals surface area (Å²) in [6.45, 7) is 11.6. The van der Waals surface area contributed by atoms with Gasteiger partial charge in [0.2, 0.25) is 5.69 Å². The van der Waals surface area contributed by atoms with Gasteiger partial charge in [-0.2, -0.15) is 0 Å².